The van der Waals surface area contributed by atoms with E-state index in [0.29, 0.717) is 5.82 Å². The number of aromatic amines is 1. The predicted molar refractivity (Wildman–Crippen MR) is 71.0 cm³/mol. The highest BCUT2D eigenvalue weighted by Crippen LogP contribution is 2.41. The average Bonchev–Trinajstić information content (AvgIpc) is 2.77. The highest BCUT2D eigenvalue weighted by molar-refractivity contribution is 5.79. The molecule has 0 amide bonds. The highest BCUT2D eigenvalue weighted by atomic mass is 16.5. The Balaban J connectivity index is 2.71. The van der Waals surface area contributed by atoms with Gasteiger partial charge in [-0.25, -0.2) is 0 Å². The summed E-state index contributed by atoms with van der Waals surface area (Å²) in [5.74, 6) is 2.03. The van der Waals surface area contributed by atoms with E-state index in [0.717, 1.165) is 33.8 Å². The van der Waals surface area contributed by atoms with Crippen LogP contribution in [-0.2, 0) is 0 Å². The molecule has 0 unspecified atom stereocenters. The van der Waals surface area contributed by atoms with Crippen molar-refractivity contribution < 1.29 is 9.47 Å². The number of aromatic nitrogens is 2. The molecular weight excluding hydrogens is 230 g/mol. The molecule has 0 fully saturated rings. The Bertz CT molecular complexity index is 576. The third kappa shape index (κ3) is 1.77. The molecule has 1 heterocycles. The quantitative estimate of drug-likeness (QED) is 0.872. The van der Waals surface area contributed by atoms with Crippen molar-refractivity contribution in [1.82, 2.24) is 10.2 Å². The summed E-state index contributed by atoms with van der Waals surface area (Å²) in [5.41, 5.74) is 9.71. The molecule has 18 heavy (non-hydrogen) atoms. The molecule has 0 aliphatic carbocycles. The number of ether oxygens (including phenoxy) is 2. The summed E-state index contributed by atoms with van der Waals surface area (Å²) in [7, 11) is 3.27. The first-order valence-corrected chi connectivity index (χ1v) is 5.61. The fourth-order valence-electron chi connectivity index (χ4n) is 2.15. The molecule has 5 heteroatoms. The Morgan fingerprint density at radius 2 is 1.78 bits per heavy atom. The highest BCUT2D eigenvalue weighted by Gasteiger charge is 2.17. The number of aryl methyl sites for hydroxylation is 1. The summed E-state index contributed by atoms with van der Waals surface area (Å²) in [5, 5.41) is 6.68. The van der Waals surface area contributed by atoms with Crippen molar-refractivity contribution in [3.8, 4) is 22.6 Å². The van der Waals surface area contributed by atoms with Gasteiger partial charge in [-0.1, -0.05) is 0 Å². The standard InChI is InChI=1S/C13H17N3O2/c1-7-5-9(10-6-15-16-13(10)14)8(2)12(18-4)11(7)17-3/h5-6H,1-4H3,(H3,14,15,16). The maximum Gasteiger partial charge on any atom is 0.164 e. The average molecular weight is 247 g/mol. The van der Waals surface area contributed by atoms with Crippen LogP contribution in [0.25, 0.3) is 11.1 Å². The van der Waals surface area contributed by atoms with Crippen molar-refractivity contribution in [2.24, 2.45) is 0 Å². The van der Waals surface area contributed by atoms with Crippen molar-refractivity contribution in [2.45, 2.75) is 13.8 Å². The molecular formula is C13H17N3O2. The van der Waals surface area contributed by atoms with Crippen LogP contribution < -0.4 is 15.2 Å². The number of anilines is 1. The molecule has 0 atom stereocenters. The molecule has 1 aromatic heterocycles. The summed E-state index contributed by atoms with van der Waals surface area (Å²) in [4.78, 5) is 0. The number of rotatable bonds is 3. The van der Waals surface area contributed by atoms with Crippen LogP contribution in [0, 0.1) is 13.8 Å². The summed E-state index contributed by atoms with van der Waals surface area (Å²) in [6.45, 7) is 3.95. The zero-order valence-corrected chi connectivity index (χ0v) is 11.0. The van der Waals surface area contributed by atoms with Crippen LogP contribution in [0.1, 0.15) is 11.1 Å². The largest absolute Gasteiger partial charge is 0.493 e. The fraction of sp³-hybridized carbons (Fsp3) is 0.308. The monoisotopic (exact) mass is 247 g/mol. The van der Waals surface area contributed by atoms with Crippen molar-refractivity contribution in [3.63, 3.8) is 0 Å². The lowest BCUT2D eigenvalue weighted by atomic mass is 9.98. The number of benzene rings is 1. The van der Waals surface area contributed by atoms with E-state index in [2.05, 4.69) is 10.2 Å². The second kappa shape index (κ2) is 4.60. The van der Waals surface area contributed by atoms with Gasteiger partial charge >= 0.3 is 0 Å². The second-order valence-electron chi connectivity index (χ2n) is 4.13. The fourth-order valence-corrected chi connectivity index (χ4v) is 2.15. The second-order valence-corrected chi connectivity index (χ2v) is 4.13. The topological polar surface area (TPSA) is 73.2 Å². The van der Waals surface area contributed by atoms with Gasteiger partial charge in [-0.3, -0.25) is 5.10 Å². The molecule has 96 valence electrons. The van der Waals surface area contributed by atoms with E-state index in [1.54, 1.807) is 20.4 Å². The summed E-state index contributed by atoms with van der Waals surface area (Å²) >= 11 is 0. The van der Waals surface area contributed by atoms with Crippen LogP contribution in [0.3, 0.4) is 0 Å². The lowest BCUT2D eigenvalue weighted by Crippen LogP contribution is -1.98. The van der Waals surface area contributed by atoms with Gasteiger partial charge in [0.2, 0.25) is 0 Å². The Morgan fingerprint density at radius 3 is 2.28 bits per heavy atom. The SMILES string of the molecule is COc1c(C)cc(-c2cn[nH]c2N)c(C)c1OC. The van der Waals surface area contributed by atoms with E-state index in [1.807, 2.05) is 19.9 Å². The maximum absolute atomic E-state index is 5.86. The minimum atomic E-state index is 0.546. The molecule has 0 aliphatic rings. The summed E-state index contributed by atoms with van der Waals surface area (Å²) in [6.07, 6.45) is 1.71. The van der Waals surface area contributed by atoms with E-state index < -0.39 is 0 Å². The van der Waals surface area contributed by atoms with E-state index in [9.17, 15) is 0 Å². The Morgan fingerprint density at radius 1 is 1.11 bits per heavy atom. The molecule has 0 bridgehead atoms. The molecule has 0 saturated heterocycles. The molecule has 0 radical (unpaired) electrons. The normalized spacial score (nSPS) is 10.4. The minimum absolute atomic E-state index is 0.546. The lowest BCUT2D eigenvalue weighted by molar-refractivity contribution is 0.351. The van der Waals surface area contributed by atoms with Gasteiger partial charge in [0, 0.05) is 11.1 Å². The molecule has 2 aromatic rings. The lowest BCUT2D eigenvalue weighted by Gasteiger charge is -2.16. The van der Waals surface area contributed by atoms with Crippen LogP contribution in [-0.4, -0.2) is 24.4 Å². The minimum Gasteiger partial charge on any atom is -0.493 e. The molecule has 0 saturated carbocycles. The number of hydrogen-bond donors (Lipinski definition) is 2. The molecule has 5 nitrogen and oxygen atoms in total. The van der Waals surface area contributed by atoms with Crippen LogP contribution in [0.5, 0.6) is 11.5 Å². The summed E-state index contributed by atoms with van der Waals surface area (Å²) < 4.78 is 10.8. The molecule has 3 N–H and O–H groups in total. The van der Waals surface area contributed by atoms with Gasteiger partial charge in [-0.2, -0.15) is 5.10 Å². The number of nitrogen functional groups attached to an aromatic ring is 1. The first kappa shape index (κ1) is 12.3. The zero-order valence-electron chi connectivity index (χ0n) is 11.0. The molecule has 2 rings (SSSR count). The van der Waals surface area contributed by atoms with Gasteiger partial charge in [0.25, 0.3) is 0 Å². The van der Waals surface area contributed by atoms with Crippen LogP contribution in [0.15, 0.2) is 12.3 Å². The smallest absolute Gasteiger partial charge is 0.164 e. The number of H-pyrrole nitrogens is 1. The van der Waals surface area contributed by atoms with Crippen LogP contribution >= 0.6 is 0 Å². The van der Waals surface area contributed by atoms with Crippen molar-refractivity contribution in [1.29, 1.82) is 0 Å². The first-order chi connectivity index (χ1) is 8.60. The van der Waals surface area contributed by atoms with E-state index in [-0.39, 0.29) is 0 Å². The number of hydrogen-bond acceptors (Lipinski definition) is 4. The van der Waals surface area contributed by atoms with Crippen molar-refractivity contribution in [2.75, 3.05) is 20.0 Å². The Kier molecular flexibility index (Phi) is 3.14. The van der Waals surface area contributed by atoms with Crippen molar-refractivity contribution >= 4 is 5.82 Å². The van der Waals surface area contributed by atoms with E-state index >= 15 is 0 Å². The third-order valence-electron chi connectivity index (χ3n) is 3.04. The van der Waals surface area contributed by atoms with Gasteiger partial charge < -0.3 is 15.2 Å². The van der Waals surface area contributed by atoms with Crippen molar-refractivity contribution in [3.05, 3.63) is 23.4 Å². The van der Waals surface area contributed by atoms with Gasteiger partial charge in [0.05, 0.1) is 20.4 Å². The predicted octanol–water partition coefficient (Wildman–Crippen LogP) is 2.29. The number of methoxy groups -OCH3 is 2. The van der Waals surface area contributed by atoms with E-state index in [1.165, 1.54) is 0 Å². The molecule has 1 aromatic carbocycles. The summed E-state index contributed by atoms with van der Waals surface area (Å²) in [6, 6.07) is 2.03. The Labute approximate surface area is 106 Å². The van der Waals surface area contributed by atoms with E-state index in [4.69, 9.17) is 15.2 Å². The maximum atomic E-state index is 5.86. The number of nitrogens with two attached hydrogens (primary N) is 1. The van der Waals surface area contributed by atoms with Gasteiger partial charge in [-0.05, 0) is 31.0 Å². The number of nitrogens with one attached hydrogen (secondary N) is 1. The number of nitrogens with zero attached hydrogens (tertiary/aromatic N) is 1. The van der Waals surface area contributed by atoms with Gasteiger partial charge in [-0.15, -0.1) is 0 Å². The first-order valence-electron chi connectivity index (χ1n) is 5.61. The van der Waals surface area contributed by atoms with Gasteiger partial charge in [0.15, 0.2) is 11.5 Å². The molecule has 0 spiro atoms. The van der Waals surface area contributed by atoms with Crippen LogP contribution in [0.4, 0.5) is 5.82 Å². The molecule has 0 aliphatic heterocycles. The third-order valence-corrected chi connectivity index (χ3v) is 3.04. The van der Waals surface area contributed by atoms with Crippen LogP contribution in [0.2, 0.25) is 0 Å². The van der Waals surface area contributed by atoms with Gasteiger partial charge in [0.1, 0.15) is 5.82 Å². The zero-order chi connectivity index (χ0) is 13.3. The Hall–Kier alpha value is -2.17.